The number of amides is 1. The fourth-order valence-electron chi connectivity index (χ4n) is 3.67. The molecule has 1 amide bonds. The van der Waals surface area contributed by atoms with Gasteiger partial charge in [-0.05, 0) is 43.4 Å². The van der Waals surface area contributed by atoms with Crippen molar-refractivity contribution in [2.45, 2.75) is 53.0 Å². The number of pyridine rings is 1. The molecule has 0 atom stereocenters. The van der Waals surface area contributed by atoms with Crippen molar-refractivity contribution >= 4 is 11.6 Å². The number of aromatic amines is 1. The van der Waals surface area contributed by atoms with Gasteiger partial charge in [0, 0.05) is 23.1 Å². The Morgan fingerprint density at radius 3 is 2.37 bits per heavy atom. The monoisotopic (exact) mass is 402 g/mol. The number of aryl methyl sites for hydroxylation is 3. The normalized spacial score (nSPS) is 10.8. The highest BCUT2D eigenvalue weighted by atomic mass is 16.2. The van der Waals surface area contributed by atoms with Gasteiger partial charge >= 0.3 is 0 Å². The number of rotatable bonds is 8. The number of hydrogen-bond donors (Lipinski definition) is 1. The zero-order valence-electron chi connectivity index (χ0n) is 18.1. The van der Waals surface area contributed by atoms with Crippen molar-refractivity contribution in [2.75, 3.05) is 4.90 Å². The summed E-state index contributed by atoms with van der Waals surface area (Å²) in [5, 5.41) is 0. The molecular formula is C26H30N2O2. The number of hydrogen-bond acceptors (Lipinski definition) is 2. The standard InChI is InChI=1S/C26H30N2O2/c1-4-6-15-22-25(24(29)17-21(5-2)27-22)26(30)28(18-20-13-8-7-9-14-20)23-16-11-10-12-19(23)3/h7-14,16-17H,4-6,15,18H2,1-3H3,(H,27,29). The molecule has 1 heterocycles. The number of para-hydroxylation sites is 1. The first-order valence-electron chi connectivity index (χ1n) is 10.7. The average Bonchev–Trinajstić information content (AvgIpc) is 2.76. The van der Waals surface area contributed by atoms with E-state index in [1.165, 1.54) is 0 Å². The lowest BCUT2D eigenvalue weighted by Gasteiger charge is -2.25. The largest absolute Gasteiger partial charge is 0.361 e. The average molecular weight is 403 g/mol. The molecule has 0 aliphatic heterocycles. The molecule has 4 nitrogen and oxygen atoms in total. The Labute approximate surface area is 178 Å². The lowest BCUT2D eigenvalue weighted by atomic mass is 10.0. The summed E-state index contributed by atoms with van der Waals surface area (Å²) in [6.07, 6.45) is 3.34. The molecule has 0 aliphatic carbocycles. The van der Waals surface area contributed by atoms with Crippen LogP contribution in [0.2, 0.25) is 0 Å². The maximum absolute atomic E-state index is 13.8. The van der Waals surface area contributed by atoms with Gasteiger partial charge in [0.15, 0.2) is 5.43 Å². The van der Waals surface area contributed by atoms with Crippen LogP contribution >= 0.6 is 0 Å². The number of carbonyl (C=O) groups is 1. The summed E-state index contributed by atoms with van der Waals surface area (Å²) in [6, 6.07) is 19.3. The zero-order chi connectivity index (χ0) is 21.5. The van der Waals surface area contributed by atoms with Crippen LogP contribution in [0.5, 0.6) is 0 Å². The molecule has 2 aromatic carbocycles. The third kappa shape index (κ3) is 4.88. The molecule has 3 aromatic rings. The van der Waals surface area contributed by atoms with Gasteiger partial charge in [0.1, 0.15) is 5.56 Å². The number of anilines is 1. The number of carbonyl (C=O) groups excluding carboxylic acids is 1. The second kappa shape index (κ2) is 10.1. The quantitative estimate of drug-likeness (QED) is 0.546. The predicted molar refractivity (Wildman–Crippen MR) is 123 cm³/mol. The van der Waals surface area contributed by atoms with Crippen LogP contribution in [-0.4, -0.2) is 10.9 Å². The van der Waals surface area contributed by atoms with Crippen LogP contribution in [0.1, 0.15) is 59.6 Å². The maximum Gasteiger partial charge on any atom is 0.264 e. The van der Waals surface area contributed by atoms with Gasteiger partial charge in [0.05, 0.1) is 6.54 Å². The van der Waals surface area contributed by atoms with Gasteiger partial charge in [0.25, 0.3) is 5.91 Å². The summed E-state index contributed by atoms with van der Waals surface area (Å²) in [7, 11) is 0. The molecule has 1 aromatic heterocycles. The Balaban J connectivity index is 2.11. The van der Waals surface area contributed by atoms with E-state index in [0.29, 0.717) is 13.0 Å². The number of unbranched alkanes of at least 4 members (excludes halogenated alkanes) is 1. The molecule has 4 heteroatoms. The number of nitrogens with one attached hydrogen (secondary N) is 1. The fourth-order valence-corrected chi connectivity index (χ4v) is 3.67. The molecule has 0 fully saturated rings. The molecular weight excluding hydrogens is 372 g/mol. The van der Waals surface area contributed by atoms with Crippen LogP contribution in [0.25, 0.3) is 0 Å². The number of nitrogens with zero attached hydrogens (tertiary/aromatic N) is 1. The van der Waals surface area contributed by atoms with Crippen LogP contribution in [0.15, 0.2) is 65.5 Å². The summed E-state index contributed by atoms with van der Waals surface area (Å²) in [5.41, 5.74) is 4.52. The molecule has 0 spiro atoms. The molecule has 0 aliphatic rings. The molecule has 156 valence electrons. The Bertz CT molecular complexity index is 1050. The Morgan fingerprint density at radius 1 is 1.00 bits per heavy atom. The van der Waals surface area contributed by atoms with Crippen molar-refractivity contribution in [3.8, 4) is 0 Å². The van der Waals surface area contributed by atoms with Crippen molar-refractivity contribution in [1.82, 2.24) is 4.98 Å². The number of aromatic nitrogens is 1. The van der Waals surface area contributed by atoms with Crippen molar-refractivity contribution in [3.05, 3.63) is 99.0 Å². The van der Waals surface area contributed by atoms with Crippen LogP contribution in [0.4, 0.5) is 5.69 Å². The van der Waals surface area contributed by atoms with Crippen LogP contribution in [0, 0.1) is 6.92 Å². The highest BCUT2D eigenvalue weighted by Gasteiger charge is 2.25. The molecule has 0 radical (unpaired) electrons. The summed E-state index contributed by atoms with van der Waals surface area (Å²) in [4.78, 5) is 31.9. The van der Waals surface area contributed by atoms with Crippen molar-refractivity contribution in [3.63, 3.8) is 0 Å². The van der Waals surface area contributed by atoms with Crippen LogP contribution in [0.3, 0.4) is 0 Å². The lowest BCUT2D eigenvalue weighted by molar-refractivity contribution is 0.0982. The van der Waals surface area contributed by atoms with Crippen LogP contribution in [-0.2, 0) is 19.4 Å². The van der Waals surface area contributed by atoms with E-state index < -0.39 is 0 Å². The molecule has 1 N–H and O–H groups in total. The molecule has 0 saturated carbocycles. The van der Waals surface area contributed by atoms with Crippen molar-refractivity contribution < 1.29 is 4.79 Å². The molecule has 0 bridgehead atoms. The second-order valence-electron chi connectivity index (χ2n) is 7.63. The first-order valence-corrected chi connectivity index (χ1v) is 10.7. The van der Waals surface area contributed by atoms with Gasteiger partial charge in [0.2, 0.25) is 0 Å². The van der Waals surface area contributed by atoms with Crippen molar-refractivity contribution in [2.24, 2.45) is 0 Å². The minimum Gasteiger partial charge on any atom is -0.361 e. The smallest absolute Gasteiger partial charge is 0.264 e. The summed E-state index contributed by atoms with van der Waals surface area (Å²) < 4.78 is 0. The van der Waals surface area contributed by atoms with Gasteiger partial charge in [-0.2, -0.15) is 0 Å². The van der Waals surface area contributed by atoms with Gasteiger partial charge in [-0.15, -0.1) is 0 Å². The van der Waals surface area contributed by atoms with E-state index in [1.807, 2.05) is 68.4 Å². The van der Waals surface area contributed by atoms with Gasteiger partial charge in [-0.3, -0.25) is 9.59 Å². The van der Waals surface area contributed by atoms with E-state index in [1.54, 1.807) is 11.0 Å². The Morgan fingerprint density at radius 2 is 1.70 bits per heavy atom. The van der Waals surface area contributed by atoms with Crippen molar-refractivity contribution in [1.29, 1.82) is 0 Å². The summed E-state index contributed by atoms with van der Waals surface area (Å²) >= 11 is 0. The first-order chi connectivity index (χ1) is 14.5. The highest BCUT2D eigenvalue weighted by molar-refractivity contribution is 6.07. The predicted octanol–water partition coefficient (Wildman–Crippen LogP) is 5.44. The topological polar surface area (TPSA) is 53.2 Å². The highest BCUT2D eigenvalue weighted by Crippen LogP contribution is 2.24. The molecule has 0 unspecified atom stereocenters. The molecule has 30 heavy (non-hydrogen) atoms. The van der Waals surface area contributed by atoms with Gasteiger partial charge < -0.3 is 9.88 Å². The first kappa shape index (κ1) is 21.6. The van der Waals surface area contributed by atoms with E-state index in [2.05, 4.69) is 11.9 Å². The Kier molecular flexibility index (Phi) is 7.23. The van der Waals surface area contributed by atoms with Crippen LogP contribution < -0.4 is 10.3 Å². The Hall–Kier alpha value is -3.14. The molecule has 0 saturated heterocycles. The minimum absolute atomic E-state index is 0.201. The van der Waals surface area contributed by atoms with E-state index in [0.717, 1.165) is 47.5 Å². The lowest BCUT2D eigenvalue weighted by Crippen LogP contribution is -2.36. The third-order valence-corrected chi connectivity index (χ3v) is 5.37. The van der Waals surface area contributed by atoms with E-state index >= 15 is 0 Å². The van der Waals surface area contributed by atoms with E-state index in [-0.39, 0.29) is 16.9 Å². The fraction of sp³-hybridized carbons (Fsp3) is 0.308. The molecule has 3 rings (SSSR count). The van der Waals surface area contributed by atoms with E-state index in [9.17, 15) is 9.59 Å². The SMILES string of the molecule is CCCCc1[nH]c(CC)cc(=O)c1C(=O)N(Cc1ccccc1)c1ccccc1C. The minimum atomic E-state index is -0.247. The second-order valence-corrected chi connectivity index (χ2v) is 7.63. The summed E-state index contributed by atoms with van der Waals surface area (Å²) in [6.45, 7) is 6.51. The zero-order valence-corrected chi connectivity index (χ0v) is 18.1. The number of benzene rings is 2. The maximum atomic E-state index is 13.8. The number of H-pyrrole nitrogens is 1. The third-order valence-electron chi connectivity index (χ3n) is 5.37. The van der Waals surface area contributed by atoms with E-state index in [4.69, 9.17) is 0 Å². The summed E-state index contributed by atoms with van der Waals surface area (Å²) in [5.74, 6) is -0.247. The van der Waals surface area contributed by atoms with Gasteiger partial charge in [-0.25, -0.2) is 0 Å². The van der Waals surface area contributed by atoms with Gasteiger partial charge in [-0.1, -0.05) is 68.8 Å².